The van der Waals surface area contributed by atoms with Gasteiger partial charge in [-0.05, 0) is 59.2 Å². The van der Waals surface area contributed by atoms with Gasteiger partial charge in [0.1, 0.15) is 17.2 Å². The van der Waals surface area contributed by atoms with Gasteiger partial charge in [0, 0.05) is 10.9 Å². The van der Waals surface area contributed by atoms with Crippen LogP contribution in [0.3, 0.4) is 0 Å². The van der Waals surface area contributed by atoms with Crippen molar-refractivity contribution in [3.8, 4) is 28.4 Å². The maximum Gasteiger partial charge on any atom is 0.143 e. The van der Waals surface area contributed by atoms with Gasteiger partial charge in [0.2, 0.25) is 0 Å². The normalized spacial score (nSPS) is 11.1. The van der Waals surface area contributed by atoms with Crippen molar-refractivity contribution in [2.45, 2.75) is 20.3 Å². The van der Waals surface area contributed by atoms with Gasteiger partial charge in [-0.2, -0.15) is 0 Å². The molecule has 1 N–H and O–H groups in total. The summed E-state index contributed by atoms with van der Waals surface area (Å²) in [5.74, 6) is 2.41. The highest BCUT2D eigenvalue weighted by atomic mass is 16.5. The number of hydrogen-bond acceptors (Lipinski definition) is 2. The number of rotatable bonds is 5. The Kier molecular flexibility index (Phi) is 5.03. The molecule has 0 atom stereocenters. The molecule has 0 heterocycles. The van der Waals surface area contributed by atoms with E-state index in [0.29, 0.717) is 5.92 Å². The summed E-state index contributed by atoms with van der Waals surface area (Å²) >= 11 is 0. The predicted molar refractivity (Wildman–Crippen MR) is 116 cm³/mol. The second-order valence-corrected chi connectivity index (χ2v) is 7.52. The SMILES string of the molecule is CC(C)Cc1cc2cc(O)ccc2c(Oc2ccccc2)c1-c1ccccc1. The molecule has 28 heavy (non-hydrogen) atoms. The van der Waals surface area contributed by atoms with Crippen LogP contribution in [0.4, 0.5) is 0 Å². The fraction of sp³-hybridized carbons (Fsp3) is 0.154. The van der Waals surface area contributed by atoms with Crippen LogP contribution in [0.1, 0.15) is 19.4 Å². The maximum atomic E-state index is 10.0. The van der Waals surface area contributed by atoms with Gasteiger partial charge in [-0.3, -0.25) is 0 Å². The van der Waals surface area contributed by atoms with Crippen LogP contribution in [0, 0.1) is 5.92 Å². The van der Waals surface area contributed by atoms with E-state index in [1.807, 2.05) is 48.5 Å². The molecule has 4 aromatic carbocycles. The van der Waals surface area contributed by atoms with Crippen molar-refractivity contribution in [2.24, 2.45) is 5.92 Å². The van der Waals surface area contributed by atoms with Crippen molar-refractivity contribution >= 4 is 10.8 Å². The summed E-state index contributed by atoms with van der Waals surface area (Å²) in [6.07, 6.45) is 0.932. The number of benzene rings is 4. The van der Waals surface area contributed by atoms with Gasteiger partial charge in [-0.1, -0.05) is 68.4 Å². The highest BCUT2D eigenvalue weighted by molar-refractivity contribution is 5.97. The summed E-state index contributed by atoms with van der Waals surface area (Å²) in [5, 5.41) is 12.0. The number of fused-ring (bicyclic) bond motifs is 1. The van der Waals surface area contributed by atoms with Crippen LogP contribution in [-0.4, -0.2) is 5.11 Å². The lowest BCUT2D eigenvalue weighted by Gasteiger charge is -2.20. The minimum atomic E-state index is 0.265. The first-order chi connectivity index (χ1) is 13.6. The van der Waals surface area contributed by atoms with E-state index in [4.69, 9.17) is 4.74 Å². The molecule has 0 aliphatic heterocycles. The highest BCUT2D eigenvalue weighted by Crippen LogP contribution is 2.43. The minimum absolute atomic E-state index is 0.265. The van der Waals surface area contributed by atoms with E-state index < -0.39 is 0 Å². The van der Waals surface area contributed by atoms with E-state index in [1.54, 1.807) is 6.07 Å². The first-order valence-corrected chi connectivity index (χ1v) is 9.69. The zero-order valence-electron chi connectivity index (χ0n) is 16.2. The molecule has 4 rings (SSSR count). The third-order valence-corrected chi connectivity index (χ3v) is 4.81. The number of para-hydroxylation sites is 1. The Bertz CT molecular complexity index is 1080. The van der Waals surface area contributed by atoms with Gasteiger partial charge >= 0.3 is 0 Å². The van der Waals surface area contributed by atoms with Crippen LogP contribution < -0.4 is 4.74 Å². The Labute approximate surface area is 166 Å². The molecule has 0 radical (unpaired) electrons. The Balaban J connectivity index is 2.03. The molecule has 0 saturated carbocycles. The lowest BCUT2D eigenvalue weighted by atomic mass is 9.89. The van der Waals surface area contributed by atoms with Gasteiger partial charge < -0.3 is 9.84 Å². The van der Waals surface area contributed by atoms with Gasteiger partial charge in [0.05, 0.1) is 0 Å². The van der Waals surface area contributed by atoms with E-state index in [0.717, 1.165) is 39.8 Å². The molecule has 0 amide bonds. The van der Waals surface area contributed by atoms with Gasteiger partial charge in [-0.25, -0.2) is 0 Å². The topological polar surface area (TPSA) is 29.5 Å². The van der Waals surface area contributed by atoms with Crippen LogP contribution in [0.15, 0.2) is 84.9 Å². The average Bonchev–Trinajstić information content (AvgIpc) is 2.69. The summed E-state index contributed by atoms with van der Waals surface area (Å²) in [6, 6.07) is 27.9. The molecular weight excluding hydrogens is 344 g/mol. The molecule has 0 saturated heterocycles. The van der Waals surface area contributed by atoms with Gasteiger partial charge in [-0.15, -0.1) is 0 Å². The molecule has 2 heteroatoms. The van der Waals surface area contributed by atoms with E-state index in [-0.39, 0.29) is 5.75 Å². The maximum absolute atomic E-state index is 10.0. The molecule has 0 aromatic heterocycles. The Morgan fingerprint density at radius 1 is 0.821 bits per heavy atom. The summed E-state index contributed by atoms with van der Waals surface area (Å²) in [7, 11) is 0. The van der Waals surface area contributed by atoms with E-state index >= 15 is 0 Å². The van der Waals surface area contributed by atoms with Crippen molar-refractivity contribution in [3.05, 3.63) is 90.5 Å². The summed E-state index contributed by atoms with van der Waals surface area (Å²) in [4.78, 5) is 0. The summed E-state index contributed by atoms with van der Waals surface area (Å²) < 4.78 is 6.46. The van der Waals surface area contributed by atoms with Gasteiger partial charge in [0.15, 0.2) is 0 Å². The molecule has 0 fully saturated rings. The summed E-state index contributed by atoms with van der Waals surface area (Å²) in [5.41, 5.74) is 3.49. The third kappa shape index (κ3) is 3.72. The molecule has 0 aliphatic carbocycles. The van der Waals surface area contributed by atoms with Crippen LogP contribution in [0.5, 0.6) is 17.2 Å². The highest BCUT2D eigenvalue weighted by Gasteiger charge is 2.18. The monoisotopic (exact) mass is 368 g/mol. The molecule has 140 valence electrons. The van der Waals surface area contributed by atoms with Crippen molar-refractivity contribution in [3.63, 3.8) is 0 Å². The van der Waals surface area contributed by atoms with E-state index in [1.165, 1.54) is 5.56 Å². The molecule has 0 unspecified atom stereocenters. The fourth-order valence-corrected chi connectivity index (χ4v) is 3.65. The van der Waals surface area contributed by atoms with Crippen LogP contribution in [-0.2, 0) is 6.42 Å². The van der Waals surface area contributed by atoms with E-state index in [9.17, 15) is 5.11 Å². The zero-order chi connectivity index (χ0) is 19.5. The van der Waals surface area contributed by atoms with Crippen LogP contribution in [0.25, 0.3) is 21.9 Å². The quantitative estimate of drug-likeness (QED) is 0.403. The molecule has 0 bridgehead atoms. The van der Waals surface area contributed by atoms with Crippen molar-refractivity contribution < 1.29 is 9.84 Å². The van der Waals surface area contributed by atoms with Crippen LogP contribution >= 0.6 is 0 Å². The average molecular weight is 368 g/mol. The molecule has 0 spiro atoms. The second-order valence-electron chi connectivity index (χ2n) is 7.52. The second kappa shape index (κ2) is 7.77. The number of aromatic hydroxyl groups is 1. The molecule has 4 aromatic rings. The van der Waals surface area contributed by atoms with Gasteiger partial charge in [0.25, 0.3) is 0 Å². The largest absolute Gasteiger partial charge is 0.508 e. The Hall–Kier alpha value is -3.26. The number of phenols is 1. The number of ether oxygens (including phenoxy) is 1. The predicted octanol–water partition coefficient (Wildman–Crippen LogP) is 7.20. The minimum Gasteiger partial charge on any atom is -0.508 e. The standard InChI is InChI=1S/C26H24O2/c1-18(2)15-21-16-20-17-22(27)13-14-24(20)26(28-23-11-7-4-8-12-23)25(21)19-9-5-3-6-10-19/h3-14,16-18,27H,15H2,1-2H3. The third-order valence-electron chi connectivity index (χ3n) is 4.81. The van der Waals surface area contributed by atoms with Crippen molar-refractivity contribution in [1.29, 1.82) is 0 Å². The van der Waals surface area contributed by atoms with E-state index in [2.05, 4.69) is 44.2 Å². The number of phenolic OH excluding ortho intramolecular Hbond substituents is 1. The van der Waals surface area contributed by atoms with Crippen LogP contribution in [0.2, 0.25) is 0 Å². The fourth-order valence-electron chi connectivity index (χ4n) is 3.65. The molecule has 2 nitrogen and oxygen atoms in total. The molecular formula is C26H24O2. The zero-order valence-corrected chi connectivity index (χ0v) is 16.2. The number of hydrogen-bond donors (Lipinski definition) is 1. The Morgan fingerprint density at radius 3 is 2.18 bits per heavy atom. The Morgan fingerprint density at radius 2 is 1.50 bits per heavy atom. The molecule has 0 aliphatic rings. The van der Waals surface area contributed by atoms with Crippen molar-refractivity contribution in [1.82, 2.24) is 0 Å². The summed E-state index contributed by atoms with van der Waals surface area (Å²) in [6.45, 7) is 4.44. The smallest absolute Gasteiger partial charge is 0.143 e. The first-order valence-electron chi connectivity index (χ1n) is 9.69. The first kappa shape index (κ1) is 18.1. The van der Waals surface area contributed by atoms with Crippen molar-refractivity contribution in [2.75, 3.05) is 0 Å². The lowest BCUT2D eigenvalue weighted by Crippen LogP contribution is -2.00. The lowest BCUT2D eigenvalue weighted by molar-refractivity contribution is 0.475.